The van der Waals surface area contributed by atoms with Crippen LogP contribution in [0.15, 0.2) is 40.9 Å². The molecular weight excluding hydrogens is 394 g/mol. The molecule has 1 saturated heterocycles. The fraction of sp³-hybridized carbons (Fsp3) is 0.333. The van der Waals surface area contributed by atoms with Crippen molar-refractivity contribution in [3.63, 3.8) is 0 Å². The third-order valence-corrected chi connectivity index (χ3v) is 5.70. The van der Waals surface area contributed by atoms with E-state index in [1.165, 1.54) is 0 Å². The van der Waals surface area contributed by atoms with E-state index < -0.39 is 0 Å². The maximum absolute atomic E-state index is 6.42. The molecule has 2 aliphatic rings. The van der Waals surface area contributed by atoms with Gasteiger partial charge in [-0.25, -0.2) is 0 Å². The fourth-order valence-electron chi connectivity index (χ4n) is 3.76. The molecule has 0 N–H and O–H groups in total. The van der Waals surface area contributed by atoms with Crippen LogP contribution in [0.2, 0.25) is 5.02 Å². The van der Waals surface area contributed by atoms with Gasteiger partial charge in [-0.2, -0.15) is 4.98 Å². The van der Waals surface area contributed by atoms with Crippen molar-refractivity contribution in [2.75, 3.05) is 27.0 Å². The van der Waals surface area contributed by atoms with E-state index in [0.717, 1.165) is 48.7 Å². The lowest BCUT2D eigenvalue weighted by Crippen LogP contribution is -2.20. The van der Waals surface area contributed by atoms with Crippen LogP contribution in [0.3, 0.4) is 0 Å². The summed E-state index contributed by atoms with van der Waals surface area (Å²) in [4.78, 5) is 6.96. The second-order valence-corrected chi connectivity index (χ2v) is 7.61. The van der Waals surface area contributed by atoms with Crippen molar-refractivity contribution in [1.82, 2.24) is 15.0 Å². The number of fused-ring (bicyclic) bond motifs is 1. The molecule has 2 aromatic carbocycles. The van der Waals surface area contributed by atoms with Crippen molar-refractivity contribution in [3.8, 4) is 28.6 Å². The monoisotopic (exact) mass is 413 g/mol. The molecule has 2 aliphatic heterocycles. The summed E-state index contributed by atoms with van der Waals surface area (Å²) < 4.78 is 21.6. The Morgan fingerprint density at radius 3 is 2.76 bits per heavy atom. The van der Waals surface area contributed by atoms with Crippen LogP contribution in [0.5, 0.6) is 17.2 Å². The number of methoxy groups -OCH3 is 1. The van der Waals surface area contributed by atoms with Crippen LogP contribution in [-0.2, 0) is 6.54 Å². The van der Waals surface area contributed by atoms with Gasteiger partial charge in [0.15, 0.2) is 11.5 Å². The van der Waals surface area contributed by atoms with Gasteiger partial charge in [0.1, 0.15) is 5.75 Å². The number of hydrogen-bond acceptors (Lipinski definition) is 7. The zero-order chi connectivity index (χ0) is 19.8. The molecule has 0 radical (unpaired) electrons. The van der Waals surface area contributed by atoms with E-state index in [0.29, 0.717) is 22.5 Å². The standard InChI is InChI=1S/C21H20ClN3O4/c1-26-16-4-2-13(3-5-16)20-23-21(29-24-20)14-6-7-25(10-14)11-15-8-18-19(9-17(15)22)28-12-27-18/h2-5,8-9,14H,6-7,10-12H2,1H3/t14-/m0/s1. The minimum absolute atomic E-state index is 0.210. The first-order chi connectivity index (χ1) is 14.2. The Morgan fingerprint density at radius 1 is 1.17 bits per heavy atom. The first-order valence-electron chi connectivity index (χ1n) is 9.48. The highest BCUT2D eigenvalue weighted by atomic mass is 35.5. The fourth-order valence-corrected chi connectivity index (χ4v) is 3.97. The number of nitrogens with zero attached hydrogens (tertiary/aromatic N) is 3. The summed E-state index contributed by atoms with van der Waals surface area (Å²) in [5, 5.41) is 4.84. The van der Waals surface area contributed by atoms with Crippen molar-refractivity contribution in [2.24, 2.45) is 0 Å². The van der Waals surface area contributed by atoms with Crippen molar-refractivity contribution < 1.29 is 18.7 Å². The van der Waals surface area contributed by atoms with E-state index in [1.807, 2.05) is 36.4 Å². The van der Waals surface area contributed by atoms with Gasteiger partial charge in [0.25, 0.3) is 0 Å². The van der Waals surface area contributed by atoms with Gasteiger partial charge in [0, 0.05) is 29.7 Å². The second kappa shape index (κ2) is 7.57. The van der Waals surface area contributed by atoms with Crippen LogP contribution in [-0.4, -0.2) is 42.0 Å². The lowest BCUT2D eigenvalue weighted by Gasteiger charge is -2.16. The summed E-state index contributed by atoms with van der Waals surface area (Å²) in [6.45, 7) is 2.77. The number of benzene rings is 2. The molecule has 3 aromatic rings. The molecule has 1 atom stereocenters. The van der Waals surface area contributed by atoms with E-state index in [-0.39, 0.29) is 12.7 Å². The predicted molar refractivity (Wildman–Crippen MR) is 106 cm³/mol. The molecule has 150 valence electrons. The normalized spacial score (nSPS) is 18.3. The molecule has 29 heavy (non-hydrogen) atoms. The number of likely N-dealkylation sites (tertiary alicyclic amines) is 1. The zero-order valence-electron chi connectivity index (χ0n) is 15.9. The molecule has 0 spiro atoms. The number of hydrogen-bond donors (Lipinski definition) is 0. The van der Waals surface area contributed by atoms with E-state index >= 15 is 0 Å². The molecule has 5 rings (SSSR count). The Morgan fingerprint density at radius 2 is 1.97 bits per heavy atom. The van der Waals surface area contributed by atoms with Crippen molar-refractivity contribution in [2.45, 2.75) is 18.9 Å². The average Bonchev–Trinajstić information content (AvgIpc) is 3.49. The largest absolute Gasteiger partial charge is 0.497 e. The van der Waals surface area contributed by atoms with Crippen LogP contribution in [0.1, 0.15) is 23.8 Å². The van der Waals surface area contributed by atoms with Gasteiger partial charge in [0.2, 0.25) is 18.5 Å². The Hall–Kier alpha value is -2.77. The molecule has 1 aromatic heterocycles. The third-order valence-electron chi connectivity index (χ3n) is 5.35. The first kappa shape index (κ1) is 18.3. The predicted octanol–water partition coefficient (Wildman–Crippen LogP) is 4.12. The topological polar surface area (TPSA) is 69.9 Å². The molecular formula is C21H20ClN3O4. The Bertz CT molecular complexity index is 1020. The summed E-state index contributed by atoms with van der Waals surface area (Å²) in [7, 11) is 1.64. The van der Waals surface area contributed by atoms with Crippen molar-refractivity contribution in [1.29, 1.82) is 0 Å². The van der Waals surface area contributed by atoms with Crippen LogP contribution >= 0.6 is 11.6 Å². The first-order valence-corrected chi connectivity index (χ1v) is 9.86. The highest BCUT2D eigenvalue weighted by molar-refractivity contribution is 6.31. The van der Waals surface area contributed by atoms with Crippen LogP contribution in [0.25, 0.3) is 11.4 Å². The van der Waals surface area contributed by atoms with E-state index in [4.69, 9.17) is 30.3 Å². The lowest BCUT2D eigenvalue weighted by molar-refractivity contribution is 0.174. The molecule has 0 unspecified atom stereocenters. The molecule has 7 nitrogen and oxygen atoms in total. The highest BCUT2D eigenvalue weighted by Gasteiger charge is 2.29. The van der Waals surface area contributed by atoms with E-state index in [2.05, 4.69) is 15.0 Å². The average molecular weight is 414 g/mol. The van der Waals surface area contributed by atoms with Crippen molar-refractivity contribution in [3.05, 3.63) is 52.9 Å². The Kier molecular flexibility index (Phi) is 4.77. The van der Waals surface area contributed by atoms with Gasteiger partial charge in [-0.1, -0.05) is 16.8 Å². The van der Waals surface area contributed by atoms with Crippen LogP contribution < -0.4 is 14.2 Å². The quantitative estimate of drug-likeness (QED) is 0.623. The SMILES string of the molecule is COc1ccc(-c2noc([C@H]3CCN(Cc4cc5c(cc4Cl)OCO5)C3)n2)cc1. The summed E-state index contributed by atoms with van der Waals surface area (Å²) in [6, 6.07) is 11.4. The number of ether oxygens (including phenoxy) is 3. The molecule has 8 heteroatoms. The molecule has 0 amide bonds. The summed E-state index contributed by atoms with van der Waals surface area (Å²) in [5.41, 5.74) is 1.93. The van der Waals surface area contributed by atoms with Gasteiger partial charge in [-0.05, 0) is 48.9 Å². The minimum Gasteiger partial charge on any atom is -0.497 e. The molecule has 0 saturated carbocycles. The zero-order valence-corrected chi connectivity index (χ0v) is 16.7. The van der Waals surface area contributed by atoms with Gasteiger partial charge in [0.05, 0.1) is 13.0 Å². The number of aromatic nitrogens is 2. The van der Waals surface area contributed by atoms with Crippen molar-refractivity contribution >= 4 is 11.6 Å². The highest BCUT2D eigenvalue weighted by Crippen LogP contribution is 2.38. The van der Waals surface area contributed by atoms with Crippen LogP contribution in [0, 0.1) is 0 Å². The van der Waals surface area contributed by atoms with Crippen LogP contribution in [0.4, 0.5) is 0 Å². The number of halogens is 1. The van der Waals surface area contributed by atoms with E-state index in [1.54, 1.807) is 7.11 Å². The van der Waals surface area contributed by atoms with Gasteiger partial charge < -0.3 is 18.7 Å². The maximum atomic E-state index is 6.42. The maximum Gasteiger partial charge on any atom is 0.231 e. The molecule has 0 aliphatic carbocycles. The summed E-state index contributed by atoms with van der Waals surface area (Å²) >= 11 is 6.42. The summed E-state index contributed by atoms with van der Waals surface area (Å²) in [6.07, 6.45) is 0.965. The smallest absolute Gasteiger partial charge is 0.231 e. The van der Waals surface area contributed by atoms with Gasteiger partial charge >= 0.3 is 0 Å². The lowest BCUT2D eigenvalue weighted by atomic mass is 10.1. The van der Waals surface area contributed by atoms with Gasteiger partial charge in [-0.15, -0.1) is 0 Å². The molecule has 0 bridgehead atoms. The minimum atomic E-state index is 0.210. The second-order valence-electron chi connectivity index (χ2n) is 7.20. The molecule has 3 heterocycles. The molecule has 1 fully saturated rings. The third kappa shape index (κ3) is 3.63. The Balaban J connectivity index is 1.26. The number of rotatable bonds is 5. The van der Waals surface area contributed by atoms with E-state index in [9.17, 15) is 0 Å². The summed E-state index contributed by atoms with van der Waals surface area (Å²) in [5.74, 6) is 3.74. The van der Waals surface area contributed by atoms with Gasteiger partial charge in [-0.3, -0.25) is 4.90 Å². The Labute approximate surface area is 173 Å².